The van der Waals surface area contributed by atoms with Gasteiger partial charge in [0.2, 0.25) is 11.8 Å². The minimum absolute atomic E-state index is 0.0407. The topological polar surface area (TPSA) is 72.2 Å². The molecule has 0 N–H and O–H groups in total. The van der Waals surface area contributed by atoms with E-state index in [1.807, 2.05) is 35.2 Å². The number of furan rings is 1. The second-order valence-electron chi connectivity index (χ2n) is 11.4. The first-order valence-corrected chi connectivity index (χ1v) is 15.9. The first-order valence-electron chi connectivity index (χ1n) is 15.9. The summed E-state index contributed by atoms with van der Waals surface area (Å²) >= 11 is 0. The molecule has 0 aliphatic heterocycles. The van der Waals surface area contributed by atoms with Gasteiger partial charge in [-0.2, -0.15) is 0 Å². The molecule has 7 heteroatoms. The van der Waals surface area contributed by atoms with E-state index in [-0.39, 0.29) is 24.4 Å². The van der Waals surface area contributed by atoms with Gasteiger partial charge in [-0.1, -0.05) is 77.2 Å². The molecule has 1 aliphatic rings. The van der Waals surface area contributed by atoms with Crippen LogP contribution in [0, 0.1) is 0 Å². The zero-order chi connectivity index (χ0) is 29.3. The monoisotopic (exact) mass is 568 g/mol. The Labute approximate surface area is 247 Å². The van der Waals surface area contributed by atoms with Gasteiger partial charge in [0.25, 0.3) is 0 Å². The van der Waals surface area contributed by atoms with Crippen molar-refractivity contribution in [3.8, 4) is 11.5 Å². The number of benzene rings is 1. The summed E-state index contributed by atoms with van der Waals surface area (Å²) in [4.78, 5) is 30.4. The fraction of sp³-hybridized carbons (Fsp3) is 0.647. The maximum absolute atomic E-state index is 13.6. The number of nitrogens with zero attached hydrogens (tertiary/aromatic N) is 2. The lowest BCUT2D eigenvalue weighted by atomic mass is 10.1. The van der Waals surface area contributed by atoms with Crippen molar-refractivity contribution in [1.82, 2.24) is 9.80 Å². The summed E-state index contributed by atoms with van der Waals surface area (Å²) in [5.41, 5.74) is 1.05. The lowest BCUT2D eigenvalue weighted by Crippen LogP contribution is -2.44. The van der Waals surface area contributed by atoms with Crippen molar-refractivity contribution in [3.05, 3.63) is 47.9 Å². The molecule has 0 saturated heterocycles. The molecule has 0 radical (unpaired) electrons. The fourth-order valence-corrected chi connectivity index (χ4v) is 5.32. The van der Waals surface area contributed by atoms with Gasteiger partial charge in [0.05, 0.1) is 27.0 Å². The third-order valence-corrected chi connectivity index (χ3v) is 8.01. The van der Waals surface area contributed by atoms with Gasteiger partial charge in [0.15, 0.2) is 11.5 Å². The Hall–Kier alpha value is -2.96. The van der Waals surface area contributed by atoms with Crippen LogP contribution in [-0.4, -0.2) is 55.0 Å². The van der Waals surface area contributed by atoms with Gasteiger partial charge >= 0.3 is 0 Å². The fourth-order valence-electron chi connectivity index (χ4n) is 5.32. The number of hydrogen-bond acceptors (Lipinski definition) is 5. The highest BCUT2D eigenvalue weighted by Crippen LogP contribution is 2.29. The molecule has 1 fully saturated rings. The summed E-state index contributed by atoms with van der Waals surface area (Å²) in [7, 11) is 3.24. The number of hydrogen-bond donors (Lipinski definition) is 0. The van der Waals surface area contributed by atoms with Gasteiger partial charge in [-0.3, -0.25) is 9.59 Å². The van der Waals surface area contributed by atoms with Crippen LogP contribution >= 0.6 is 0 Å². The van der Waals surface area contributed by atoms with Gasteiger partial charge in [-0.05, 0) is 55.5 Å². The summed E-state index contributed by atoms with van der Waals surface area (Å²) in [6.07, 6.45) is 18.6. The van der Waals surface area contributed by atoms with E-state index in [0.717, 1.165) is 37.0 Å². The molecular weight excluding hydrogens is 516 g/mol. The Morgan fingerprint density at radius 3 is 2.10 bits per heavy atom. The standard InChI is InChI=1S/C34H52N2O5/c1-4-5-6-7-8-9-10-11-12-13-14-17-33(37)36(29-19-20-29)27-34(38)35(26-30-16-15-24-41-30)23-22-28-18-21-31(39-2)32(25-28)40-3/h15-16,18,21,24-25,29H,4-14,17,19-20,22-23,26-27H2,1-3H3. The van der Waals surface area contributed by atoms with E-state index in [1.54, 1.807) is 25.4 Å². The molecule has 0 spiro atoms. The molecular formula is C34H52N2O5. The molecule has 0 bridgehead atoms. The molecule has 2 aromatic rings. The Morgan fingerprint density at radius 1 is 0.854 bits per heavy atom. The van der Waals surface area contributed by atoms with Crippen LogP contribution < -0.4 is 9.47 Å². The molecule has 41 heavy (non-hydrogen) atoms. The number of amides is 2. The molecule has 7 nitrogen and oxygen atoms in total. The van der Waals surface area contributed by atoms with E-state index in [1.165, 1.54) is 57.8 Å². The van der Waals surface area contributed by atoms with Crippen LogP contribution in [-0.2, 0) is 22.6 Å². The molecule has 1 saturated carbocycles. The van der Waals surface area contributed by atoms with Gasteiger partial charge < -0.3 is 23.7 Å². The number of carbonyl (C=O) groups is 2. The zero-order valence-corrected chi connectivity index (χ0v) is 25.7. The average Bonchev–Trinajstić information content (AvgIpc) is 3.70. The van der Waals surface area contributed by atoms with Crippen molar-refractivity contribution < 1.29 is 23.5 Å². The van der Waals surface area contributed by atoms with Crippen molar-refractivity contribution in [2.45, 2.75) is 116 Å². The van der Waals surface area contributed by atoms with Crippen molar-refractivity contribution in [2.24, 2.45) is 0 Å². The van der Waals surface area contributed by atoms with E-state index in [9.17, 15) is 9.59 Å². The Bertz CT molecular complexity index is 1020. The lowest BCUT2D eigenvalue weighted by Gasteiger charge is -2.27. The van der Waals surface area contributed by atoms with E-state index < -0.39 is 0 Å². The summed E-state index contributed by atoms with van der Waals surface area (Å²) < 4.78 is 16.4. The van der Waals surface area contributed by atoms with Crippen molar-refractivity contribution in [3.63, 3.8) is 0 Å². The Kier molecular flexibility index (Phi) is 14.7. The summed E-state index contributed by atoms with van der Waals surface area (Å²) in [6.45, 7) is 3.28. The molecule has 1 aromatic heterocycles. The van der Waals surface area contributed by atoms with Crippen LogP contribution in [0.4, 0.5) is 0 Å². The Balaban J connectivity index is 1.47. The molecule has 0 atom stereocenters. The lowest BCUT2D eigenvalue weighted by molar-refractivity contribution is -0.141. The third-order valence-electron chi connectivity index (χ3n) is 8.01. The predicted molar refractivity (Wildman–Crippen MR) is 163 cm³/mol. The number of methoxy groups -OCH3 is 2. The highest BCUT2D eigenvalue weighted by Gasteiger charge is 2.34. The molecule has 1 aromatic carbocycles. The summed E-state index contributed by atoms with van der Waals surface area (Å²) in [5.74, 6) is 2.16. The summed E-state index contributed by atoms with van der Waals surface area (Å²) in [6, 6.07) is 9.74. The van der Waals surface area contributed by atoms with E-state index in [0.29, 0.717) is 37.4 Å². The van der Waals surface area contributed by atoms with Crippen LogP contribution in [0.2, 0.25) is 0 Å². The van der Waals surface area contributed by atoms with Crippen LogP contribution in [0.3, 0.4) is 0 Å². The average molecular weight is 569 g/mol. The van der Waals surface area contributed by atoms with Gasteiger partial charge in [-0.25, -0.2) is 0 Å². The number of unbranched alkanes of at least 4 members (excludes halogenated alkanes) is 10. The van der Waals surface area contributed by atoms with Gasteiger partial charge in [-0.15, -0.1) is 0 Å². The van der Waals surface area contributed by atoms with E-state index in [2.05, 4.69) is 6.92 Å². The van der Waals surface area contributed by atoms with E-state index in [4.69, 9.17) is 13.9 Å². The highest BCUT2D eigenvalue weighted by molar-refractivity contribution is 5.85. The van der Waals surface area contributed by atoms with Crippen molar-refractivity contribution >= 4 is 11.8 Å². The SMILES string of the molecule is CCCCCCCCCCCCCC(=O)N(CC(=O)N(CCc1ccc(OC)c(OC)c1)Cc1ccco1)C1CC1. The van der Waals surface area contributed by atoms with Crippen LogP contribution in [0.1, 0.15) is 108 Å². The highest BCUT2D eigenvalue weighted by atomic mass is 16.5. The first-order chi connectivity index (χ1) is 20.0. The predicted octanol–water partition coefficient (Wildman–Crippen LogP) is 7.56. The van der Waals surface area contributed by atoms with E-state index >= 15 is 0 Å². The molecule has 3 rings (SSSR count). The number of ether oxygens (including phenoxy) is 2. The first kappa shape index (κ1) is 32.6. The van der Waals surface area contributed by atoms with Crippen molar-refractivity contribution in [1.29, 1.82) is 0 Å². The van der Waals surface area contributed by atoms with Gasteiger partial charge in [0.1, 0.15) is 12.3 Å². The molecule has 1 heterocycles. The quantitative estimate of drug-likeness (QED) is 0.137. The molecule has 228 valence electrons. The maximum atomic E-state index is 13.6. The van der Waals surface area contributed by atoms with Crippen molar-refractivity contribution in [2.75, 3.05) is 27.3 Å². The molecule has 0 unspecified atom stereocenters. The van der Waals surface area contributed by atoms with Gasteiger partial charge in [0, 0.05) is 19.0 Å². The minimum Gasteiger partial charge on any atom is -0.493 e. The normalized spacial score (nSPS) is 12.8. The van der Waals surface area contributed by atoms with Crippen LogP contribution in [0.15, 0.2) is 41.0 Å². The third kappa shape index (κ3) is 11.8. The number of rotatable bonds is 22. The largest absolute Gasteiger partial charge is 0.493 e. The summed E-state index contributed by atoms with van der Waals surface area (Å²) in [5, 5.41) is 0. The number of carbonyl (C=O) groups excluding carboxylic acids is 2. The second kappa shape index (κ2) is 18.5. The zero-order valence-electron chi connectivity index (χ0n) is 25.7. The maximum Gasteiger partial charge on any atom is 0.242 e. The van der Waals surface area contributed by atoms with Crippen LogP contribution in [0.25, 0.3) is 0 Å². The Morgan fingerprint density at radius 2 is 1.51 bits per heavy atom. The smallest absolute Gasteiger partial charge is 0.242 e. The molecule has 1 aliphatic carbocycles. The van der Waals surface area contributed by atoms with Crippen LogP contribution in [0.5, 0.6) is 11.5 Å². The minimum atomic E-state index is -0.0407. The molecule has 2 amide bonds. The second-order valence-corrected chi connectivity index (χ2v) is 11.4.